The molecule has 0 aromatic rings. The predicted octanol–water partition coefficient (Wildman–Crippen LogP) is 2.21. The van der Waals surface area contributed by atoms with E-state index in [1.165, 1.54) is 7.11 Å². The number of methoxy groups -OCH3 is 1. The lowest BCUT2D eigenvalue weighted by molar-refractivity contribution is -0.144. The number of amides is 1. The highest BCUT2D eigenvalue weighted by atomic mass is 32.3. The number of hydrogen-bond donors (Lipinski definition) is 3. The van der Waals surface area contributed by atoms with Crippen molar-refractivity contribution in [3.63, 3.8) is 0 Å². The third-order valence-corrected chi connectivity index (χ3v) is 5.01. The van der Waals surface area contributed by atoms with Crippen LogP contribution in [0.3, 0.4) is 0 Å². The van der Waals surface area contributed by atoms with Crippen LogP contribution < -0.4 is 5.32 Å². The van der Waals surface area contributed by atoms with Gasteiger partial charge in [-0.1, -0.05) is 0 Å². The average molecular weight is 323 g/mol. The molecule has 1 saturated heterocycles. The number of carbonyl (C=O) groups excluding carboxylic acids is 2. The molecule has 0 bridgehead atoms. The Hall–Kier alpha value is -0.990. The maximum Gasteiger partial charge on any atom is 0.408 e. The second kappa shape index (κ2) is 6.85. The van der Waals surface area contributed by atoms with Crippen LogP contribution in [0.25, 0.3) is 0 Å². The van der Waals surface area contributed by atoms with E-state index in [1.807, 2.05) is 0 Å². The van der Waals surface area contributed by atoms with E-state index in [0.29, 0.717) is 12.8 Å². The fourth-order valence-corrected chi connectivity index (χ4v) is 3.76. The zero-order valence-corrected chi connectivity index (χ0v) is 13.7. The predicted molar refractivity (Wildman–Crippen MR) is 80.5 cm³/mol. The van der Waals surface area contributed by atoms with E-state index in [0.717, 1.165) is 0 Å². The molecular weight excluding hydrogens is 298 g/mol. The SMILES string of the molecule is COC(=O)C(NC(=O)OC(C)(C)C)C1CCS(O)(O)CC1. The van der Waals surface area contributed by atoms with Crippen molar-refractivity contribution < 1.29 is 28.2 Å². The standard InChI is InChI=1S/C13H25NO6S/c1-13(2,3)20-12(16)14-10(11(15)19-4)9-5-7-21(17,18)8-6-9/h9-10,17-18H,5-8H2,1-4H3,(H,14,16). The van der Waals surface area contributed by atoms with Gasteiger partial charge in [-0.25, -0.2) is 9.59 Å². The van der Waals surface area contributed by atoms with Crippen molar-refractivity contribution >= 4 is 22.7 Å². The van der Waals surface area contributed by atoms with Crippen LogP contribution in [0, 0.1) is 5.92 Å². The molecule has 1 atom stereocenters. The van der Waals surface area contributed by atoms with Crippen molar-refractivity contribution in [2.45, 2.75) is 45.3 Å². The summed E-state index contributed by atoms with van der Waals surface area (Å²) in [6.45, 7) is 5.20. The summed E-state index contributed by atoms with van der Waals surface area (Å²) in [4.78, 5) is 23.7. The van der Waals surface area contributed by atoms with Crippen molar-refractivity contribution in [2.75, 3.05) is 18.6 Å². The summed E-state index contributed by atoms with van der Waals surface area (Å²) in [5.41, 5.74) is -0.660. The molecule has 1 heterocycles. The Labute approximate surface area is 126 Å². The van der Waals surface area contributed by atoms with E-state index < -0.39 is 34.3 Å². The fraction of sp³-hybridized carbons (Fsp3) is 0.846. The van der Waals surface area contributed by atoms with Crippen LogP contribution in [-0.4, -0.2) is 51.4 Å². The summed E-state index contributed by atoms with van der Waals surface area (Å²) in [6, 6.07) is -0.833. The molecule has 0 aromatic heterocycles. The van der Waals surface area contributed by atoms with Crippen LogP contribution in [0.15, 0.2) is 0 Å². The summed E-state index contributed by atoms with van der Waals surface area (Å²) in [5.74, 6) is -0.267. The zero-order chi connectivity index (χ0) is 16.3. The summed E-state index contributed by atoms with van der Waals surface area (Å²) in [6.07, 6.45) is 0.200. The quantitative estimate of drug-likeness (QED) is 0.688. The smallest absolute Gasteiger partial charge is 0.408 e. The Balaban J connectivity index is 2.69. The van der Waals surface area contributed by atoms with Crippen molar-refractivity contribution in [2.24, 2.45) is 5.92 Å². The van der Waals surface area contributed by atoms with Crippen LogP contribution >= 0.6 is 10.6 Å². The number of hydrogen-bond acceptors (Lipinski definition) is 6. The van der Waals surface area contributed by atoms with Crippen LogP contribution in [0.2, 0.25) is 0 Å². The molecule has 0 radical (unpaired) electrons. The highest BCUT2D eigenvalue weighted by Gasteiger charge is 2.36. The van der Waals surface area contributed by atoms with E-state index in [-0.39, 0.29) is 17.4 Å². The Bertz CT molecular complexity index is 383. The lowest BCUT2D eigenvalue weighted by Crippen LogP contribution is -2.49. The number of nitrogens with one attached hydrogen (secondary N) is 1. The van der Waals surface area contributed by atoms with Gasteiger partial charge in [0.2, 0.25) is 0 Å². The van der Waals surface area contributed by atoms with E-state index in [2.05, 4.69) is 5.32 Å². The largest absolute Gasteiger partial charge is 0.467 e. The van der Waals surface area contributed by atoms with Crippen molar-refractivity contribution in [3.8, 4) is 0 Å². The van der Waals surface area contributed by atoms with Gasteiger partial charge in [-0.15, -0.1) is 0 Å². The van der Waals surface area contributed by atoms with Gasteiger partial charge in [0.15, 0.2) is 0 Å². The van der Waals surface area contributed by atoms with Crippen molar-refractivity contribution in [1.82, 2.24) is 5.32 Å². The van der Waals surface area contributed by atoms with Crippen molar-refractivity contribution in [3.05, 3.63) is 0 Å². The molecule has 124 valence electrons. The number of alkyl carbamates (subject to hydrolysis) is 1. The second-order valence-corrected chi connectivity index (χ2v) is 8.62. The Morgan fingerprint density at radius 1 is 1.24 bits per heavy atom. The van der Waals surface area contributed by atoms with Gasteiger partial charge in [0.1, 0.15) is 11.6 Å². The molecule has 0 aromatic carbocycles. The van der Waals surface area contributed by atoms with Crippen molar-refractivity contribution in [1.29, 1.82) is 0 Å². The number of ether oxygens (including phenoxy) is 2. The highest BCUT2D eigenvalue weighted by molar-refractivity contribution is 8.24. The fourth-order valence-electron chi connectivity index (χ4n) is 2.19. The average Bonchev–Trinajstić information content (AvgIpc) is 2.33. The van der Waals surface area contributed by atoms with E-state index in [4.69, 9.17) is 9.47 Å². The summed E-state index contributed by atoms with van der Waals surface area (Å²) in [5, 5.41) is 2.53. The third-order valence-electron chi connectivity index (χ3n) is 3.23. The third kappa shape index (κ3) is 6.11. The van der Waals surface area contributed by atoms with Gasteiger partial charge in [0.05, 0.1) is 7.11 Å². The van der Waals surface area contributed by atoms with Crippen LogP contribution in [0.4, 0.5) is 4.79 Å². The molecule has 21 heavy (non-hydrogen) atoms. The number of rotatable bonds is 3. The Morgan fingerprint density at radius 3 is 2.19 bits per heavy atom. The minimum Gasteiger partial charge on any atom is -0.467 e. The molecule has 1 aliphatic rings. The zero-order valence-electron chi connectivity index (χ0n) is 12.9. The minimum atomic E-state index is -2.53. The summed E-state index contributed by atoms with van der Waals surface area (Å²) in [7, 11) is -1.28. The minimum absolute atomic E-state index is 0.190. The summed E-state index contributed by atoms with van der Waals surface area (Å²) >= 11 is 0. The lowest BCUT2D eigenvalue weighted by atomic mass is 9.94. The van der Waals surface area contributed by atoms with E-state index >= 15 is 0 Å². The summed E-state index contributed by atoms with van der Waals surface area (Å²) < 4.78 is 29.1. The van der Waals surface area contributed by atoms with E-state index in [1.54, 1.807) is 20.8 Å². The first-order valence-electron chi connectivity index (χ1n) is 6.85. The van der Waals surface area contributed by atoms with Crippen LogP contribution in [0.5, 0.6) is 0 Å². The van der Waals surface area contributed by atoms with Gasteiger partial charge in [-0.2, -0.15) is 10.6 Å². The van der Waals surface area contributed by atoms with Crippen LogP contribution in [-0.2, 0) is 14.3 Å². The molecule has 1 aliphatic heterocycles. The topological polar surface area (TPSA) is 105 Å². The maximum absolute atomic E-state index is 11.9. The first-order chi connectivity index (χ1) is 9.54. The van der Waals surface area contributed by atoms with Gasteiger partial charge in [0.25, 0.3) is 0 Å². The van der Waals surface area contributed by atoms with Crippen LogP contribution in [0.1, 0.15) is 33.6 Å². The molecule has 3 N–H and O–H groups in total. The van der Waals surface area contributed by atoms with Gasteiger partial charge in [-0.05, 0) is 39.5 Å². The maximum atomic E-state index is 11.9. The monoisotopic (exact) mass is 323 g/mol. The molecule has 8 heteroatoms. The van der Waals surface area contributed by atoms with Gasteiger partial charge in [0, 0.05) is 11.5 Å². The molecule has 1 amide bonds. The molecule has 1 unspecified atom stereocenters. The second-order valence-electron chi connectivity index (χ2n) is 6.19. The van der Waals surface area contributed by atoms with Gasteiger partial charge in [-0.3, -0.25) is 9.11 Å². The molecule has 1 rings (SSSR count). The van der Waals surface area contributed by atoms with Gasteiger partial charge >= 0.3 is 12.1 Å². The van der Waals surface area contributed by atoms with E-state index in [9.17, 15) is 18.7 Å². The normalized spacial score (nSPS) is 22.0. The Morgan fingerprint density at radius 2 is 1.76 bits per heavy atom. The molecule has 1 fully saturated rings. The first-order valence-corrected chi connectivity index (χ1v) is 8.73. The molecular formula is C13H25NO6S. The molecule has 0 spiro atoms. The molecule has 7 nitrogen and oxygen atoms in total. The van der Waals surface area contributed by atoms with Gasteiger partial charge < -0.3 is 14.8 Å². The highest BCUT2D eigenvalue weighted by Crippen LogP contribution is 2.46. The Kier molecular flexibility index (Phi) is 5.89. The lowest BCUT2D eigenvalue weighted by Gasteiger charge is -2.40. The number of carbonyl (C=O) groups is 2. The molecule has 0 aliphatic carbocycles. The molecule has 0 saturated carbocycles. The number of esters is 1. The first kappa shape index (κ1) is 18.1.